The molecule has 0 fully saturated rings. The van der Waals surface area contributed by atoms with Gasteiger partial charge in [0, 0.05) is 17.6 Å². The number of pyridine rings is 1. The average molecular weight is 479 g/mol. The van der Waals surface area contributed by atoms with E-state index < -0.39 is 35.9 Å². The van der Waals surface area contributed by atoms with Crippen LogP contribution < -0.4 is 16.1 Å². The maximum Gasteiger partial charge on any atom is 0.278 e. The molecule has 10 heteroatoms. The van der Waals surface area contributed by atoms with Gasteiger partial charge in [-0.15, -0.1) is 0 Å². The van der Waals surface area contributed by atoms with Crippen molar-refractivity contribution in [2.45, 2.75) is 45.4 Å². The molecule has 3 amide bonds. The summed E-state index contributed by atoms with van der Waals surface area (Å²) >= 11 is 5.92. The molecular formula is C23H28ClFN4O4. The predicted molar refractivity (Wildman–Crippen MR) is 121 cm³/mol. The number of carbonyl (C=O) groups excluding carboxylic acids is 3. The molecule has 0 aliphatic rings. The lowest BCUT2D eigenvalue weighted by atomic mass is 9.91. The number of rotatable bonds is 11. The molecule has 0 radical (unpaired) electrons. The largest absolute Gasteiger partial charge is 0.349 e. The van der Waals surface area contributed by atoms with Gasteiger partial charge in [-0.1, -0.05) is 43.6 Å². The second-order valence-electron chi connectivity index (χ2n) is 8.04. The molecule has 178 valence electrons. The van der Waals surface area contributed by atoms with Gasteiger partial charge in [0.25, 0.3) is 5.91 Å². The fourth-order valence-electron chi connectivity index (χ4n) is 3.26. The Kier molecular flexibility index (Phi) is 10.2. The quantitative estimate of drug-likeness (QED) is 0.292. The topological polar surface area (TPSA) is 120 Å². The van der Waals surface area contributed by atoms with E-state index in [1.807, 2.05) is 0 Å². The number of nitrogens with one attached hydrogen (secondary N) is 3. The Morgan fingerprint density at radius 2 is 1.76 bits per heavy atom. The Labute approximate surface area is 196 Å². The van der Waals surface area contributed by atoms with Crippen molar-refractivity contribution in [3.63, 3.8) is 0 Å². The smallest absolute Gasteiger partial charge is 0.278 e. The van der Waals surface area contributed by atoms with E-state index in [2.05, 4.69) is 15.6 Å². The third kappa shape index (κ3) is 8.43. The summed E-state index contributed by atoms with van der Waals surface area (Å²) in [5.41, 5.74) is 2.59. The monoisotopic (exact) mass is 478 g/mol. The van der Waals surface area contributed by atoms with E-state index in [0.29, 0.717) is 10.7 Å². The van der Waals surface area contributed by atoms with E-state index >= 15 is 0 Å². The fraction of sp³-hybridized carbons (Fsp3) is 0.391. The Bertz CT molecular complexity index is 928. The molecule has 0 saturated carbocycles. The third-order valence-corrected chi connectivity index (χ3v) is 5.18. The first-order chi connectivity index (χ1) is 15.7. The van der Waals surface area contributed by atoms with Gasteiger partial charge in [-0.2, -0.15) is 0 Å². The van der Waals surface area contributed by atoms with E-state index in [0.717, 1.165) is 5.56 Å². The van der Waals surface area contributed by atoms with Crippen molar-refractivity contribution in [1.82, 2.24) is 21.1 Å². The molecule has 1 aromatic carbocycles. The lowest BCUT2D eigenvalue weighted by molar-refractivity contribution is -0.142. The first-order valence-corrected chi connectivity index (χ1v) is 10.9. The Morgan fingerprint density at radius 3 is 2.33 bits per heavy atom. The second-order valence-corrected chi connectivity index (χ2v) is 8.48. The van der Waals surface area contributed by atoms with E-state index in [9.17, 15) is 18.8 Å². The molecule has 8 nitrogen and oxygen atoms in total. The minimum atomic E-state index is -2.27. The van der Waals surface area contributed by atoms with Crippen LogP contribution in [-0.4, -0.2) is 40.1 Å². The van der Waals surface area contributed by atoms with Crippen molar-refractivity contribution in [2.75, 3.05) is 0 Å². The highest BCUT2D eigenvalue weighted by molar-refractivity contribution is 6.30. The first-order valence-electron chi connectivity index (χ1n) is 10.5. The normalized spacial score (nSPS) is 13.6. The zero-order valence-electron chi connectivity index (χ0n) is 18.4. The molecule has 2 aromatic rings. The Hall–Kier alpha value is -3.04. The van der Waals surface area contributed by atoms with Gasteiger partial charge in [-0.25, -0.2) is 9.87 Å². The molecule has 2 rings (SSSR count). The summed E-state index contributed by atoms with van der Waals surface area (Å²) in [6.45, 7) is 3.68. The van der Waals surface area contributed by atoms with Crippen molar-refractivity contribution in [1.29, 1.82) is 0 Å². The SMILES string of the molecule is CC(C)C[C@@H](C(=O)N[C@@H](Cc1ccc(Cl)cc1)C(=O)NCc1ccccn1)[C@@H](F)C(=O)NO. The zero-order valence-corrected chi connectivity index (χ0v) is 19.2. The molecular weight excluding hydrogens is 451 g/mol. The van der Waals surface area contributed by atoms with E-state index in [4.69, 9.17) is 16.8 Å². The van der Waals surface area contributed by atoms with Crippen LogP contribution in [0.4, 0.5) is 4.39 Å². The van der Waals surface area contributed by atoms with E-state index in [1.54, 1.807) is 62.5 Å². The minimum absolute atomic E-state index is 0.0453. The van der Waals surface area contributed by atoms with Crippen LogP contribution in [0.1, 0.15) is 31.5 Å². The van der Waals surface area contributed by atoms with Crippen molar-refractivity contribution < 1.29 is 24.0 Å². The molecule has 0 unspecified atom stereocenters. The molecule has 0 bridgehead atoms. The lowest BCUT2D eigenvalue weighted by Gasteiger charge is -2.25. The summed E-state index contributed by atoms with van der Waals surface area (Å²) in [7, 11) is 0. The van der Waals surface area contributed by atoms with Gasteiger partial charge in [-0.3, -0.25) is 24.6 Å². The predicted octanol–water partition coefficient (Wildman–Crippen LogP) is 2.58. The van der Waals surface area contributed by atoms with Crippen molar-refractivity contribution in [3.8, 4) is 0 Å². The number of nitrogens with zero attached hydrogens (tertiary/aromatic N) is 1. The van der Waals surface area contributed by atoms with Crippen LogP contribution in [0.3, 0.4) is 0 Å². The van der Waals surface area contributed by atoms with Crippen molar-refractivity contribution >= 4 is 29.3 Å². The van der Waals surface area contributed by atoms with Crippen molar-refractivity contribution in [3.05, 3.63) is 64.9 Å². The van der Waals surface area contributed by atoms with E-state index in [1.165, 1.54) is 5.48 Å². The number of hydrogen-bond donors (Lipinski definition) is 4. The van der Waals surface area contributed by atoms with Gasteiger partial charge in [0.05, 0.1) is 18.2 Å². The molecule has 0 aliphatic carbocycles. The summed E-state index contributed by atoms with van der Waals surface area (Å²) in [6.07, 6.45) is -0.512. The van der Waals surface area contributed by atoms with Crippen LogP contribution in [0.15, 0.2) is 48.7 Å². The summed E-state index contributed by atoms with van der Waals surface area (Å²) in [5, 5.41) is 14.6. The maximum absolute atomic E-state index is 14.6. The van der Waals surface area contributed by atoms with Gasteiger partial charge < -0.3 is 10.6 Å². The van der Waals surface area contributed by atoms with Gasteiger partial charge in [0.15, 0.2) is 6.17 Å². The van der Waals surface area contributed by atoms with Gasteiger partial charge in [0.1, 0.15) is 6.04 Å². The van der Waals surface area contributed by atoms with E-state index in [-0.39, 0.29) is 25.3 Å². The van der Waals surface area contributed by atoms with Crippen LogP contribution in [0.25, 0.3) is 0 Å². The number of benzene rings is 1. The fourth-order valence-corrected chi connectivity index (χ4v) is 3.39. The maximum atomic E-state index is 14.6. The molecule has 1 aromatic heterocycles. The summed E-state index contributed by atoms with van der Waals surface area (Å²) in [5.74, 6) is -4.10. The highest BCUT2D eigenvalue weighted by Crippen LogP contribution is 2.20. The van der Waals surface area contributed by atoms with Crippen LogP contribution >= 0.6 is 11.6 Å². The highest BCUT2D eigenvalue weighted by atomic mass is 35.5. The minimum Gasteiger partial charge on any atom is -0.349 e. The number of hydrogen-bond acceptors (Lipinski definition) is 5. The van der Waals surface area contributed by atoms with Crippen LogP contribution in [0.5, 0.6) is 0 Å². The molecule has 3 atom stereocenters. The number of amides is 3. The second kappa shape index (κ2) is 12.9. The van der Waals surface area contributed by atoms with Crippen LogP contribution in [-0.2, 0) is 27.3 Å². The van der Waals surface area contributed by atoms with Crippen molar-refractivity contribution in [2.24, 2.45) is 11.8 Å². The Morgan fingerprint density at radius 1 is 1.06 bits per heavy atom. The molecule has 33 heavy (non-hydrogen) atoms. The highest BCUT2D eigenvalue weighted by Gasteiger charge is 2.36. The molecule has 0 spiro atoms. The molecule has 4 N–H and O–H groups in total. The number of halogens is 2. The van der Waals surface area contributed by atoms with Gasteiger partial charge in [-0.05, 0) is 42.2 Å². The molecule has 1 heterocycles. The van der Waals surface area contributed by atoms with Gasteiger partial charge >= 0.3 is 0 Å². The standard InChI is InChI=1S/C23H28ClFN4O4/c1-14(2)11-18(20(25)23(32)29-33)21(30)28-19(12-15-6-8-16(24)9-7-15)22(31)27-13-17-5-3-4-10-26-17/h3-10,14,18-20,33H,11-13H2,1-2H3,(H,27,31)(H,28,30)(H,29,32)/t18-,19+,20-/m1/s1. The van der Waals surface area contributed by atoms with Gasteiger partial charge in [0.2, 0.25) is 11.8 Å². The summed E-state index contributed by atoms with van der Waals surface area (Å²) in [4.78, 5) is 41.7. The first kappa shape index (κ1) is 26.2. The number of hydroxylamine groups is 1. The number of alkyl halides is 1. The third-order valence-electron chi connectivity index (χ3n) is 4.93. The van der Waals surface area contributed by atoms with Crippen LogP contribution in [0, 0.1) is 11.8 Å². The zero-order chi connectivity index (χ0) is 24.4. The van der Waals surface area contributed by atoms with Crippen LogP contribution in [0.2, 0.25) is 5.02 Å². The molecule has 0 saturated heterocycles. The summed E-state index contributed by atoms with van der Waals surface area (Å²) in [6, 6.07) is 11.0. The summed E-state index contributed by atoms with van der Waals surface area (Å²) < 4.78 is 14.6. The average Bonchev–Trinajstić information content (AvgIpc) is 2.81. The lowest BCUT2D eigenvalue weighted by Crippen LogP contribution is -2.52. The molecule has 0 aliphatic heterocycles. The number of aromatic nitrogens is 1. The Balaban J connectivity index is 2.20. The number of carbonyl (C=O) groups is 3.